The van der Waals surface area contributed by atoms with Crippen LogP contribution >= 0.6 is 12.4 Å². The second kappa shape index (κ2) is 10.0. The van der Waals surface area contributed by atoms with Gasteiger partial charge in [-0.1, -0.05) is 25.7 Å². The monoisotopic (exact) mass is 317 g/mol. The molecule has 0 bridgehead atoms. The summed E-state index contributed by atoms with van der Waals surface area (Å²) in [6.45, 7) is 1.81. The van der Waals surface area contributed by atoms with E-state index in [4.69, 9.17) is 0 Å². The first-order valence-corrected chi connectivity index (χ1v) is 8.01. The van der Waals surface area contributed by atoms with Gasteiger partial charge in [0.1, 0.15) is 0 Å². The van der Waals surface area contributed by atoms with Crippen LogP contribution in [0.5, 0.6) is 0 Å². The molecule has 1 aliphatic carbocycles. The molecule has 122 valence electrons. The normalized spacial score (nSPS) is 21.8. The van der Waals surface area contributed by atoms with Crippen LogP contribution in [0.15, 0.2) is 0 Å². The van der Waals surface area contributed by atoms with Gasteiger partial charge in [-0.2, -0.15) is 0 Å². The van der Waals surface area contributed by atoms with Gasteiger partial charge in [-0.3, -0.25) is 9.59 Å². The number of rotatable bonds is 7. The zero-order valence-corrected chi connectivity index (χ0v) is 13.5. The van der Waals surface area contributed by atoms with Gasteiger partial charge in [0.15, 0.2) is 0 Å². The molecule has 2 fully saturated rings. The van der Waals surface area contributed by atoms with Gasteiger partial charge in [0.2, 0.25) is 11.8 Å². The Morgan fingerprint density at radius 2 is 1.76 bits per heavy atom. The number of hydrogen-bond acceptors (Lipinski definition) is 3. The quantitative estimate of drug-likeness (QED) is 0.664. The number of amides is 2. The van der Waals surface area contributed by atoms with E-state index < -0.39 is 0 Å². The fraction of sp³-hybridized carbons (Fsp3) is 0.867. The van der Waals surface area contributed by atoms with Crippen molar-refractivity contribution in [2.45, 2.75) is 57.4 Å². The highest BCUT2D eigenvalue weighted by Crippen LogP contribution is 2.28. The Labute approximate surface area is 133 Å². The van der Waals surface area contributed by atoms with Gasteiger partial charge in [-0.15, -0.1) is 12.4 Å². The third kappa shape index (κ3) is 7.14. The Kier molecular flexibility index (Phi) is 8.69. The highest BCUT2D eigenvalue weighted by atomic mass is 35.5. The SMILES string of the molecule is Cl.O=C(CCC1CCCC1)NCC(=O)NCC1CCCN1. The average Bonchev–Trinajstić information content (AvgIpc) is 3.13. The lowest BCUT2D eigenvalue weighted by Gasteiger charge is -2.12. The molecule has 1 saturated carbocycles. The largest absolute Gasteiger partial charge is 0.353 e. The van der Waals surface area contributed by atoms with Gasteiger partial charge in [-0.25, -0.2) is 0 Å². The molecule has 2 aliphatic rings. The Morgan fingerprint density at radius 1 is 1.00 bits per heavy atom. The Balaban J connectivity index is 0.00000220. The summed E-state index contributed by atoms with van der Waals surface area (Å²) in [6.07, 6.45) is 8.98. The van der Waals surface area contributed by atoms with Crippen molar-refractivity contribution in [1.82, 2.24) is 16.0 Å². The first-order chi connectivity index (χ1) is 9.74. The van der Waals surface area contributed by atoms with Crippen molar-refractivity contribution < 1.29 is 9.59 Å². The van der Waals surface area contributed by atoms with Crippen LogP contribution in [0.3, 0.4) is 0 Å². The van der Waals surface area contributed by atoms with Crippen LogP contribution in [0.25, 0.3) is 0 Å². The predicted molar refractivity (Wildman–Crippen MR) is 85.5 cm³/mol. The first-order valence-electron chi connectivity index (χ1n) is 8.01. The number of hydrogen-bond donors (Lipinski definition) is 3. The molecule has 1 atom stereocenters. The van der Waals surface area contributed by atoms with Crippen LogP contribution in [-0.2, 0) is 9.59 Å². The molecule has 0 aromatic heterocycles. The van der Waals surface area contributed by atoms with E-state index in [1.54, 1.807) is 0 Å². The molecule has 2 amide bonds. The Hall–Kier alpha value is -0.810. The summed E-state index contributed by atoms with van der Waals surface area (Å²) in [7, 11) is 0. The lowest BCUT2D eigenvalue weighted by molar-refractivity contribution is -0.126. The van der Waals surface area contributed by atoms with Crippen molar-refractivity contribution in [2.75, 3.05) is 19.6 Å². The Bertz CT molecular complexity index is 295. The highest BCUT2D eigenvalue weighted by Gasteiger charge is 2.17. The van der Waals surface area contributed by atoms with Crippen LogP contribution in [0, 0.1) is 5.92 Å². The first kappa shape index (κ1) is 18.2. The molecule has 1 saturated heterocycles. The zero-order valence-electron chi connectivity index (χ0n) is 12.7. The second-order valence-electron chi connectivity index (χ2n) is 6.06. The molecule has 5 nitrogen and oxygen atoms in total. The summed E-state index contributed by atoms with van der Waals surface area (Å²) in [6, 6.07) is 0.400. The molecule has 0 radical (unpaired) electrons. The average molecular weight is 318 g/mol. The van der Waals surface area contributed by atoms with Gasteiger partial charge in [0.25, 0.3) is 0 Å². The topological polar surface area (TPSA) is 70.2 Å². The number of nitrogens with one attached hydrogen (secondary N) is 3. The summed E-state index contributed by atoms with van der Waals surface area (Å²) >= 11 is 0. The summed E-state index contributed by atoms with van der Waals surface area (Å²) in [5, 5.41) is 8.90. The lowest BCUT2D eigenvalue weighted by Crippen LogP contribution is -2.42. The van der Waals surface area contributed by atoms with Crippen molar-refractivity contribution in [1.29, 1.82) is 0 Å². The minimum absolute atomic E-state index is 0. The van der Waals surface area contributed by atoms with Crippen molar-refractivity contribution in [2.24, 2.45) is 5.92 Å². The molecule has 0 aromatic carbocycles. The van der Waals surface area contributed by atoms with E-state index >= 15 is 0 Å². The van der Waals surface area contributed by atoms with E-state index in [-0.39, 0.29) is 30.8 Å². The maximum atomic E-state index is 11.7. The number of carbonyl (C=O) groups excluding carboxylic acids is 2. The molecule has 0 aromatic rings. The van der Waals surface area contributed by atoms with Gasteiger partial charge >= 0.3 is 0 Å². The third-order valence-electron chi connectivity index (χ3n) is 4.41. The smallest absolute Gasteiger partial charge is 0.239 e. The van der Waals surface area contributed by atoms with E-state index in [1.165, 1.54) is 32.1 Å². The minimum atomic E-state index is -0.0899. The summed E-state index contributed by atoms with van der Waals surface area (Å²) < 4.78 is 0. The number of carbonyl (C=O) groups is 2. The molecule has 2 rings (SSSR count). The fourth-order valence-electron chi connectivity index (χ4n) is 3.13. The van der Waals surface area contributed by atoms with Crippen LogP contribution < -0.4 is 16.0 Å². The van der Waals surface area contributed by atoms with Crippen LogP contribution in [0.1, 0.15) is 51.4 Å². The Morgan fingerprint density at radius 3 is 2.43 bits per heavy atom. The van der Waals surface area contributed by atoms with Crippen molar-refractivity contribution in [3.05, 3.63) is 0 Å². The maximum Gasteiger partial charge on any atom is 0.239 e. The molecular weight excluding hydrogens is 290 g/mol. The van der Waals surface area contributed by atoms with Crippen LogP contribution in [-0.4, -0.2) is 37.5 Å². The van der Waals surface area contributed by atoms with Crippen LogP contribution in [0.4, 0.5) is 0 Å². The summed E-state index contributed by atoms with van der Waals surface area (Å²) in [5.74, 6) is 0.641. The summed E-state index contributed by atoms with van der Waals surface area (Å²) in [4.78, 5) is 23.3. The molecule has 21 heavy (non-hydrogen) atoms. The molecule has 3 N–H and O–H groups in total. The third-order valence-corrected chi connectivity index (χ3v) is 4.41. The number of halogens is 1. The molecule has 6 heteroatoms. The van der Waals surface area contributed by atoms with E-state index in [2.05, 4.69) is 16.0 Å². The molecule has 0 spiro atoms. The fourth-order valence-corrected chi connectivity index (χ4v) is 3.13. The van der Waals surface area contributed by atoms with Crippen molar-refractivity contribution in [3.63, 3.8) is 0 Å². The van der Waals surface area contributed by atoms with Gasteiger partial charge < -0.3 is 16.0 Å². The zero-order chi connectivity index (χ0) is 14.2. The van der Waals surface area contributed by atoms with E-state index in [1.807, 2.05) is 0 Å². The van der Waals surface area contributed by atoms with E-state index in [0.29, 0.717) is 19.0 Å². The standard InChI is InChI=1S/C15H27N3O2.ClH/c19-14(8-7-12-4-1-2-5-12)18-11-15(20)17-10-13-6-3-9-16-13;/h12-13,16H,1-11H2,(H,17,20)(H,18,19);1H. The van der Waals surface area contributed by atoms with Gasteiger partial charge in [0, 0.05) is 19.0 Å². The molecule has 1 heterocycles. The summed E-state index contributed by atoms with van der Waals surface area (Å²) in [5.41, 5.74) is 0. The minimum Gasteiger partial charge on any atom is -0.353 e. The van der Waals surface area contributed by atoms with Gasteiger partial charge in [-0.05, 0) is 31.7 Å². The molecule has 1 unspecified atom stereocenters. The van der Waals surface area contributed by atoms with Crippen molar-refractivity contribution >= 4 is 24.2 Å². The maximum absolute atomic E-state index is 11.7. The van der Waals surface area contributed by atoms with Gasteiger partial charge in [0.05, 0.1) is 6.54 Å². The van der Waals surface area contributed by atoms with Crippen LogP contribution in [0.2, 0.25) is 0 Å². The van der Waals surface area contributed by atoms with E-state index in [0.717, 1.165) is 25.3 Å². The van der Waals surface area contributed by atoms with E-state index in [9.17, 15) is 9.59 Å². The lowest BCUT2D eigenvalue weighted by atomic mass is 10.0. The highest BCUT2D eigenvalue weighted by molar-refractivity contribution is 5.85. The predicted octanol–water partition coefficient (Wildman–Crippen LogP) is 1.36. The second-order valence-corrected chi connectivity index (χ2v) is 6.06. The molecule has 1 aliphatic heterocycles. The molecular formula is C15H28ClN3O2. The van der Waals surface area contributed by atoms with Crippen molar-refractivity contribution in [3.8, 4) is 0 Å².